The van der Waals surface area contributed by atoms with Crippen LogP contribution in [0.5, 0.6) is 0 Å². The lowest BCUT2D eigenvalue weighted by atomic mass is 10.2. The van der Waals surface area contributed by atoms with Crippen LogP contribution < -0.4 is 14.3 Å². The minimum atomic E-state index is -3.96. The fourth-order valence-corrected chi connectivity index (χ4v) is 5.69. The number of anilines is 3. The summed E-state index contributed by atoms with van der Waals surface area (Å²) < 4.78 is 54.1. The largest absolute Gasteiger partial charge is 0.325 e. The second-order valence-corrected chi connectivity index (χ2v) is 12.8. The van der Waals surface area contributed by atoms with Gasteiger partial charge < -0.3 is 5.32 Å². The number of hydrogen-bond acceptors (Lipinski definition) is 5. The zero-order valence-electron chi connectivity index (χ0n) is 18.4. The van der Waals surface area contributed by atoms with Gasteiger partial charge in [0.25, 0.3) is 10.0 Å². The van der Waals surface area contributed by atoms with E-state index < -0.39 is 32.5 Å². The van der Waals surface area contributed by atoms with Crippen molar-refractivity contribution in [2.75, 3.05) is 27.1 Å². The summed E-state index contributed by atoms with van der Waals surface area (Å²) in [5.41, 5.74) is 1.61. The van der Waals surface area contributed by atoms with Crippen molar-refractivity contribution in [3.8, 4) is 0 Å². The van der Waals surface area contributed by atoms with E-state index in [1.807, 2.05) is 0 Å². The molecule has 186 valence electrons. The lowest BCUT2D eigenvalue weighted by Gasteiger charge is -2.22. The van der Waals surface area contributed by atoms with Crippen molar-refractivity contribution in [3.05, 3.63) is 80.7 Å². The molecule has 0 aliphatic heterocycles. The fourth-order valence-electron chi connectivity index (χ4n) is 3.01. The minimum Gasteiger partial charge on any atom is -0.325 e. The first-order chi connectivity index (χ1) is 16.3. The predicted molar refractivity (Wildman–Crippen MR) is 143 cm³/mol. The molecule has 8 nitrogen and oxygen atoms in total. The minimum absolute atomic E-state index is 0.0652. The molecule has 0 spiro atoms. The molecule has 0 aliphatic rings. The monoisotopic (exact) mass is 619 g/mol. The lowest BCUT2D eigenvalue weighted by Crippen LogP contribution is -2.37. The second-order valence-electron chi connectivity index (χ2n) is 7.51. The maximum Gasteiger partial charge on any atom is 0.261 e. The van der Waals surface area contributed by atoms with Gasteiger partial charge in [-0.05, 0) is 73.2 Å². The summed E-state index contributed by atoms with van der Waals surface area (Å²) in [7, 11) is -7.70. The fraction of sp³-hybridized carbons (Fsp3) is 0.136. The van der Waals surface area contributed by atoms with Crippen LogP contribution >= 0.6 is 39.1 Å². The maximum atomic E-state index is 12.7. The van der Waals surface area contributed by atoms with E-state index in [0.717, 1.165) is 20.6 Å². The molecule has 13 heteroatoms. The van der Waals surface area contributed by atoms with Crippen molar-refractivity contribution in [2.24, 2.45) is 0 Å². The van der Waals surface area contributed by atoms with Crippen LogP contribution in [0.15, 0.2) is 70.0 Å². The highest BCUT2D eigenvalue weighted by Crippen LogP contribution is 2.28. The Morgan fingerprint density at radius 1 is 0.971 bits per heavy atom. The maximum absolute atomic E-state index is 12.7. The van der Waals surface area contributed by atoms with Gasteiger partial charge in [0.15, 0.2) is 0 Å². The highest BCUT2D eigenvalue weighted by Gasteiger charge is 2.22. The number of nitrogens with one attached hydrogen (secondary N) is 2. The number of benzene rings is 3. The molecule has 35 heavy (non-hydrogen) atoms. The third kappa shape index (κ3) is 7.11. The third-order valence-corrected chi connectivity index (χ3v) is 8.70. The summed E-state index contributed by atoms with van der Waals surface area (Å²) in [6, 6.07) is 14.7. The van der Waals surface area contributed by atoms with Crippen molar-refractivity contribution in [3.63, 3.8) is 0 Å². The van der Waals surface area contributed by atoms with E-state index in [1.54, 1.807) is 25.1 Å². The summed E-state index contributed by atoms with van der Waals surface area (Å²) in [6.45, 7) is 1.34. The lowest BCUT2D eigenvalue weighted by molar-refractivity contribution is -0.114. The number of sulfonamides is 2. The number of carbonyl (C=O) groups excluding carboxylic acids is 1. The van der Waals surface area contributed by atoms with Gasteiger partial charge in [-0.2, -0.15) is 0 Å². The van der Waals surface area contributed by atoms with Crippen LogP contribution in [0.1, 0.15) is 5.56 Å². The predicted octanol–water partition coefficient (Wildman–Crippen LogP) is 5.27. The average Bonchev–Trinajstić information content (AvgIpc) is 2.76. The Morgan fingerprint density at radius 2 is 1.63 bits per heavy atom. The molecular weight excluding hydrogens is 601 g/mol. The second kappa shape index (κ2) is 10.8. The molecule has 0 aromatic heterocycles. The van der Waals surface area contributed by atoms with E-state index in [2.05, 4.69) is 26.0 Å². The van der Waals surface area contributed by atoms with Gasteiger partial charge in [0.1, 0.15) is 6.54 Å². The summed E-state index contributed by atoms with van der Waals surface area (Å²) in [6.07, 6.45) is 1.01. The topological polar surface area (TPSA) is 113 Å². The molecule has 3 aromatic carbocycles. The SMILES string of the molecule is Cc1cc(N(CC(=O)Nc2ccc(S(=O)(=O)Nc3ccc(Cl)cc3Cl)cc2)S(C)(=O)=O)ccc1Br. The van der Waals surface area contributed by atoms with Crippen molar-refractivity contribution < 1.29 is 21.6 Å². The van der Waals surface area contributed by atoms with Crippen molar-refractivity contribution >= 4 is 82.1 Å². The third-order valence-electron chi connectivity index (χ3n) is 4.74. The van der Waals surface area contributed by atoms with E-state index in [9.17, 15) is 21.6 Å². The van der Waals surface area contributed by atoms with Crippen molar-refractivity contribution in [1.29, 1.82) is 0 Å². The summed E-state index contributed by atoms with van der Waals surface area (Å²) in [5.74, 6) is -0.599. The molecule has 1 amide bonds. The van der Waals surface area contributed by atoms with E-state index in [1.165, 1.54) is 42.5 Å². The number of nitrogens with zero attached hydrogens (tertiary/aromatic N) is 1. The number of carbonyl (C=O) groups is 1. The smallest absolute Gasteiger partial charge is 0.261 e. The highest BCUT2D eigenvalue weighted by molar-refractivity contribution is 9.10. The van der Waals surface area contributed by atoms with Gasteiger partial charge in [0.05, 0.1) is 27.5 Å². The molecule has 0 atom stereocenters. The van der Waals surface area contributed by atoms with Crippen molar-refractivity contribution in [2.45, 2.75) is 11.8 Å². The molecule has 0 unspecified atom stereocenters. The molecule has 0 aliphatic carbocycles. The molecule has 0 radical (unpaired) electrons. The normalized spacial score (nSPS) is 11.7. The Bertz CT molecular complexity index is 1480. The van der Waals surface area contributed by atoms with Gasteiger partial charge >= 0.3 is 0 Å². The standard InChI is InChI=1S/C22H20BrCl2N3O5S2/c1-14-11-17(6-9-19(14)23)28(34(2,30)31)13-22(29)26-16-4-7-18(8-5-16)35(32,33)27-21-10-3-15(24)12-20(21)25/h3-12,27H,13H2,1-2H3,(H,26,29). The summed E-state index contributed by atoms with van der Waals surface area (Å²) >= 11 is 15.2. The van der Waals surface area contributed by atoms with Crippen LogP contribution in [0.25, 0.3) is 0 Å². The Hall–Kier alpha value is -2.31. The quantitative estimate of drug-likeness (QED) is 0.356. The van der Waals surface area contributed by atoms with Gasteiger partial charge in [0.2, 0.25) is 15.9 Å². The van der Waals surface area contributed by atoms with Gasteiger partial charge in [-0.25, -0.2) is 16.8 Å². The Balaban J connectivity index is 1.73. The number of hydrogen-bond donors (Lipinski definition) is 2. The number of amides is 1. The zero-order valence-corrected chi connectivity index (χ0v) is 23.2. The molecule has 0 heterocycles. The Labute approximate surface area is 222 Å². The van der Waals surface area contributed by atoms with Gasteiger partial charge in [-0.3, -0.25) is 13.8 Å². The van der Waals surface area contributed by atoms with E-state index in [0.29, 0.717) is 16.4 Å². The average molecular weight is 621 g/mol. The Kier molecular flexibility index (Phi) is 8.38. The molecule has 3 aromatic rings. The van der Waals surface area contributed by atoms with Crippen LogP contribution in [0.3, 0.4) is 0 Å². The van der Waals surface area contributed by atoms with Crippen LogP contribution in [0.2, 0.25) is 10.0 Å². The van der Waals surface area contributed by atoms with Gasteiger partial charge in [0, 0.05) is 15.2 Å². The van der Waals surface area contributed by atoms with E-state index in [4.69, 9.17) is 23.2 Å². The zero-order chi connectivity index (χ0) is 26.0. The number of rotatable bonds is 8. The van der Waals surface area contributed by atoms with Crippen LogP contribution in [0.4, 0.5) is 17.1 Å². The summed E-state index contributed by atoms with van der Waals surface area (Å²) in [5, 5.41) is 3.08. The first-order valence-corrected chi connectivity index (χ1v) is 14.8. The highest BCUT2D eigenvalue weighted by atomic mass is 79.9. The number of aryl methyl sites for hydroxylation is 1. The molecule has 0 saturated heterocycles. The molecule has 0 bridgehead atoms. The first kappa shape index (κ1) is 27.3. The molecule has 0 fully saturated rings. The van der Waals surface area contributed by atoms with E-state index in [-0.39, 0.29) is 15.6 Å². The van der Waals surface area contributed by atoms with Crippen LogP contribution in [0, 0.1) is 6.92 Å². The first-order valence-electron chi connectivity index (χ1n) is 9.88. The molecule has 3 rings (SSSR count). The molecule has 2 N–H and O–H groups in total. The van der Waals surface area contributed by atoms with Crippen LogP contribution in [-0.2, 0) is 24.8 Å². The number of halogens is 3. The van der Waals surface area contributed by atoms with Gasteiger partial charge in [-0.1, -0.05) is 39.1 Å². The van der Waals surface area contributed by atoms with Gasteiger partial charge in [-0.15, -0.1) is 0 Å². The van der Waals surface area contributed by atoms with Crippen molar-refractivity contribution in [1.82, 2.24) is 0 Å². The van der Waals surface area contributed by atoms with Crippen LogP contribution in [-0.4, -0.2) is 35.5 Å². The molecule has 0 saturated carbocycles. The molecular formula is C22H20BrCl2N3O5S2. The van der Waals surface area contributed by atoms with E-state index >= 15 is 0 Å². The summed E-state index contributed by atoms with van der Waals surface area (Å²) in [4.78, 5) is 12.5. The Morgan fingerprint density at radius 3 is 2.20 bits per heavy atom.